The predicted molar refractivity (Wildman–Crippen MR) is 56.3 cm³/mol. The fourth-order valence-corrected chi connectivity index (χ4v) is 2.38. The molecule has 1 aromatic heterocycles. The normalized spacial score (nSPS) is 21.2. The van der Waals surface area contributed by atoms with Crippen molar-refractivity contribution in [1.29, 1.82) is 0 Å². The van der Waals surface area contributed by atoms with Crippen molar-refractivity contribution in [2.75, 3.05) is 0 Å². The zero-order valence-electron chi connectivity index (χ0n) is 7.97. The molecule has 2 amide bonds. The fourth-order valence-electron chi connectivity index (χ4n) is 1.37. The molecule has 0 spiro atoms. The van der Waals surface area contributed by atoms with E-state index in [0.717, 1.165) is 4.90 Å². The SMILES string of the molecule is O=C1CCC(Sc2cccnc2)C(=O)N1. The number of hydrogen-bond donors (Lipinski definition) is 1. The number of thioether (sulfide) groups is 1. The summed E-state index contributed by atoms with van der Waals surface area (Å²) in [7, 11) is 0. The standard InChI is InChI=1S/C10H10N2O2S/c13-9-4-3-8(10(14)12-9)15-7-2-1-5-11-6-7/h1-2,5-6,8H,3-4H2,(H,12,13,14). The van der Waals surface area contributed by atoms with Crippen molar-refractivity contribution in [3.05, 3.63) is 24.5 Å². The van der Waals surface area contributed by atoms with Crippen LogP contribution in [0.5, 0.6) is 0 Å². The van der Waals surface area contributed by atoms with Gasteiger partial charge in [-0.05, 0) is 18.6 Å². The van der Waals surface area contributed by atoms with Gasteiger partial charge >= 0.3 is 0 Å². The first-order valence-corrected chi connectivity index (χ1v) is 5.54. The summed E-state index contributed by atoms with van der Waals surface area (Å²) in [5.41, 5.74) is 0. The predicted octanol–water partition coefficient (Wildman–Crippen LogP) is 0.979. The average Bonchev–Trinajstić information content (AvgIpc) is 2.24. The van der Waals surface area contributed by atoms with Crippen molar-refractivity contribution in [3.8, 4) is 0 Å². The van der Waals surface area contributed by atoms with Crippen LogP contribution < -0.4 is 5.32 Å². The Kier molecular flexibility index (Phi) is 3.01. The van der Waals surface area contributed by atoms with Gasteiger partial charge < -0.3 is 0 Å². The van der Waals surface area contributed by atoms with Gasteiger partial charge in [0.05, 0.1) is 5.25 Å². The van der Waals surface area contributed by atoms with E-state index in [1.807, 2.05) is 12.1 Å². The summed E-state index contributed by atoms with van der Waals surface area (Å²) in [4.78, 5) is 27.3. The Morgan fingerprint density at radius 2 is 2.33 bits per heavy atom. The Balaban J connectivity index is 2.01. The number of pyridine rings is 1. The zero-order valence-corrected chi connectivity index (χ0v) is 8.79. The van der Waals surface area contributed by atoms with Gasteiger partial charge in [-0.2, -0.15) is 0 Å². The molecule has 0 aromatic carbocycles. The van der Waals surface area contributed by atoms with Gasteiger partial charge in [0.2, 0.25) is 11.8 Å². The summed E-state index contributed by atoms with van der Waals surface area (Å²) in [6, 6.07) is 3.73. The smallest absolute Gasteiger partial charge is 0.240 e. The molecule has 2 rings (SSSR count). The number of hydrogen-bond acceptors (Lipinski definition) is 4. The molecule has 0 bridgehead atoms. The Hall–Kier alpha value is -1.36. The lowest BCUT2D eigenvalue weighted by Gasteiger charge is -2.19. The fraction of sp³-hybridized carbons (Fsp3) is 0.300. The van der Waals surface area contributed by atoms with Crippen molar-refractivity contribution >= 4 is 23.6 Å². The monoisotopic (exact) mass is 222 g/mol. The minimum absolute atomic E-state index is 0.174. The molecule has 5 heteroatoms. The summed E-state index contributed by atoms with van der Waals surface area (Å²) >= 11 is 1.45. The molecule has 0 aliphatic carbocycles. The highest BCUT2D eigenvalue weighted by Crippen LogP contribution is 2.27. The average molecular weight is 222 g/mol. The van der Waals surface area contributed by atoms with Crippen LogP contribution in [0.4, 0.5) is 0 Å². The number of rotatable bonds is 2. The van der Waals surface area contributed by atoms with Gasteiger partial charge in [0.25, 0.3) is 0 Å². The number of piperidine rings is 1. The molecular formula is C10H10N2O2S. The number of imide groups is 1. The third kappa shape index (κ3) is 2.56. The highest BCUT2D eigenvalue weighted by atomic mass is 32.2. The van der Waals surface area contributed by atoms with Crippen LogP contribution in [0.2, 0.25) is 0 Å². The van der Waals surface area contributed by atoms with Gasteiger partial charge in [0.1, 0.15) is 0 Å². The Morgan fingerprint density at radius 1 is 1.47 bits per heavy atom. The van der Waals surface area contributed by atoms with Gasteiger partial charge in [-0.1, -0.05) is 0 Å². The third-order valence-electron chi connectivity index (χ3n) is 2.10. The van der Waals surface area contributed by atoms with Crippen LogP contribution in [0.3, 0.4) is 0 Å². The van der Waals surface area contributed by atoms with E-state index in [9.17, 15) is 9.59 Å². The van der Waals surface area contributed by atoms with E-state index in [2.05, 4.69) is 10.3 Å². The van der Waals surface area contributed by atoms with E-state index >= 15 is 0 Å². The van der Waals surface area contributed by atoms with Gasteiger partial charge in [-0.3, -0.25) is 19.9 Å². The molecule has 78 valence electrons. The largest absolute Gasteiger partial charge is 0.295 e. The lowest BCUT2D eigenvalue weighted by atomic mass is 10.1. The maximum Gasteiger partial charge on any atom is 0.240 e. The van der Waals surface area contributed by atoms with Crippen LogP contribution in [0.1, 0.15) is 12.8 Å². The van der Waals surface area contributed by atoms with Crippen LogP contribution >= 0.6 is 11.8 Å². The van der Waals surface area contributed by atoms with Gasteiger partial charge in [0.15, 0.2) is 0 Å². The summed E-state index contributed by atoms with van der Waals surface area (Å²) in [6.07, 6.45) is 4.43. The lowest BCUT2D eigenvalue weighted by Crippen LogP contribution is -2.42. The minimum atomic E-state index is -0.194. The molecular weight excluding hydrogens is 212 g/mol. The van der Waals surface area contributed by atoms with E-state index in [4.69, 9.17) is 0 Å². The van der Waals surface area contributed by atoms with Crippen molar-refractivity contribution in [2.45, 2.75) is 23.0 Å². The van der Waals surface area contributed by atoms with Crippen molar-refractivity contribution in [1.82, 2.24) is 10.3 Å². The molecule has 1 fully saturated rings. The molecule has 1 aliphatic rings. The van der Waals surface area contributed by atoms with Crippen LogP contribution in [0, 0.1) is 0 Å². The number of carbonyl (C=O) groups is 2. The Labute approximate surface area is 91.5 Å². The van der Waals surface area contributed by atoms with E-state index < -0.39 is 0 Å². The van der Waals surface area contributed by atoms with Crippen LogP contribution in [0.15, 0.2) is 29.4 Å². The molecule has 1 aromatic rings. The van der Waals surface area contributed by atoms with E-state index in [-0.39, 0.29) is 17.1 Å². The second-order valence-electron chi connectivity index (χ2n) is 3.25. The molecule has 1 atom stereocenters. The maximum atomic E-state index is 11.4. The number of nitrogens with zero attached hydrogens (tertiary/aromatic N) is 1. The maximum absolute atomic E-state index is 11.4. The van der Waals surface area contributed by atoms with Crippen molar-refractivity contribution in [3.63, 3.8) is 0 Å². The number of amides is 2. The summed E-state index contributed by atoms with van der Waals surface area (Å²) in [5.74, 6) is -0.372. The zero-order chi connectivity index (χ0) is 10.7. The molecule has 2 heterocycles. The van der Waals surface area contributed by atoms with Gasteiger partial charge in [-0.15, -0.1) is 11.8 Å². The van der Waals surface area contributed by atoms with E-state index in [1.54, 1.807) is 12.4 Å². The topological polar surface area (TPSA) is 59.1 Å². The minimum Gasteiger partial charge on any atom is -0.295 e. The molecule has 4 nitrogen and oxygen atoms in total. The molecule has 1 N–H and O–H groups in total. The molecule has 0 saturated carbocycles. The molecule has 1 unspecified atom stereocenters. The Bertz CT molecular complexity index is 380. The van der Waals surface area contributed by atoms with Gasteiger partial charge in [0, 0.05) is 23.7 Å². The Morgan fingerprint density at radius 3 is 3.00 bits per heavy atom. The molecule has 0 radical (unpaired) electrons. The third-order valence-corrected chi connectivity index (χ3v) is 3.35. The van der Waals surface area contributed by atoms with Crippen molar-refractivity contribution < 1.29 is 9.59 Å². The second kappa shape index (κ2) is 4.44. The van der Waals surface area contributed by atoms with Crippen LogP contribution in [0.25, 0.3) is 0 Å². The van der Waals surface area contributed by atoms with E-state index in [0.29, 0.717) is 12.8 Å². The first-order valence-electron chi connectivity index (χ1n) is 4.66. The highest BCUT2D eigenvalue weighted by molar-refractivity contribution is 8.00. The first-order chi connectivity index (χ1) is 7.25. The number of carbonyl (C=O) groups excluding carboxylic acids is 2. The second-order valence-corrected chi connectivity index (χ2v) is 4.52. The number of nitrogens with one attached hydrogen (secondary N) is 1. The summed E-state index contributed by atoms with van der Waals surface area (Å²) < 4.78 is 0. The summed E-state index contributed by atoms with van der Waals surface area (Å²) in [5, 5.41) is 2.16. The quantitative estimate of drug-likeness (QED) is 0.758. The molecule has 1 saturated heterocycles. The molecule has 1 aliphatic heterocycles. The lowest BCUT2D eigenvalue weighted by molar-refractivity contribution is -0.132. The number of aromatic nitrogens is 1. The first kappa shape index (κ1) is 10.2. The van der Waals surface area contributed by atoms with Crippen LogP contribution in [-0.4, -0.2) is 22.0 Å². The van der Waals surface area contributed by atoms with Gasteiger partial charge in [-0.25, -0.2) is 0 Å². The van der Waals surface area contributed by atoms with Crippen LogP contribution in [-0.2, 0) is 9.59 Å². The molecule has 15 heavy (non-hydrogen) atoms. The van der Waals surface area contributed by atoms with E-state index in [1.165, 1.54) is 11.8 Å². The van der Waals surface area contributed by atoms with Crippen molar-refractivity contribution in [2.24, 2.45) is 0 Å². The summed E-state index contributed by atoms with van der Waals surface area (Å²) in [6.45, 7) is 0. The highest BCUT2D eigenvalue weighted by Gasteiger charge is 2.27.